The first-order valence-corrected chi connectivity index (χ1v) is 6.45. The minimum absolute atomic E-state index is 0.442. The van der Waals surface area contributed by atoms with E-state index < -0.39 is 0 Å². The Morgan fingerprint density at radius 3 is 2.84 bits per heavy atom. The number of aromatic nitrogens is 5. The molecule has 0 N–H and O–H groups in total. The highest BCUT2D eigenvalue weighted by molar-refractivity contribution is 7.98. The maximum absolute atomic E-state index is 5.51. The van der Waals surface area contributed by atoms with Gasteiger partial charge in [-0.1, -0.05) is 11.8 Å². The van der Waals surface area contributed by atoms with E-state index >= 15 is 0 Å². The van der Waals surface area contributed by atoms with Crippen LogP contribution < -0.4 is 0 Å². The molecule has 8 heteroatoms. The zero-order valence-electron chi connectivity index (χ0n) is 9.98. The van der Waals surface area contributed by atoms with E-state index in [9.17, 15) is 0 Å². The minimum Gasteiger partial charge on any atom is -0.425 e. The van der Waals surface area contributed by atoms with Crippen LogP contribution in [0.4, 0.5) is 0 Å². The summed E-state index contributed by atoms with van der Waals surface area (Å²) in [6.45, 7) is 1.74. The topological polar surface area (TPSA) is 90.7 Å². The fourth-order valence-electron chi connectivity index (χ4n) is 1.39. The molecule has 0 radical (unpaired) electrons. The molecule has 0 saturated heterocycles. The Kier molecular flexibility index (Phi) is 3.23. The van der Waals surface area contributed by atoms with Crippen LogP contribution in [-0.2, 0) is 5.75 Å². The van der Waals surface area contributed by atoms with Gasteiger partial charge in [-0.25, -0.2) is 0 Å². The van der Waals surface area contributed by atoms with Gasteiger partial charge in [0.1, 0.15) is 0 Å². The number of nitrogens with zero attached hydrogens (tertiary/aromatic N) is 5. The Morgan fingerprint density at radius 1 is 1.16 bits per heavy atom. The molecule has 0 unspecified atom stereocenters. The van der Waals surface area contributed by atoms with Gasteiger partial charge in [0, 0.05) is 19.3 Å². The molecule has 96 valence electrons. The molecule has 3 aromatic heterocycles. The maximum Gasteiger partial charge on any atom is 0.277 e. The largest absolute Gasteiger partial charge is 0.425 e. The van der Waals surface area contributed by atoms with E-state index in [0.29, 0.717) is 28.6 Å². The highest BCUT2D eigenvalue weighted by Gasteiger charge is 2.11. The summed E-state index contributed by atoms with van der Waals surface area (Å²) in [4.78, 5) is 4.00. The van der Waals surface area contributed by atoms with Crippen molar-refractivity contribution in [3.63, 3.8) is 0 Å². The smallest absolute Gasteiger partial charge is 0.277 e. The van der Waals surface area contributed by atoms with E-state index in [0.717, 1.165) is 5.56 Å². The van der Waals surface area contributed by atoms with Gasteiger partial charge < -0.3 is 8.83 Å². The Labute approximate surface area is 112 Å². The van der Waals surface area contributed by atoms with E-state index in [2.05, 4.69) is 25.4 Å². The fraction of sp³-hybridized carbons (Fsp3) is 0.182. The SMILES string of the molecule is Cc1nnc(CSc2nnc(-c3cccnc3)o2)o1. The molecular weight excluding hydrogens is 266 g/mol. The third-order valence-electron chi connectivity index (χ3n) is 2.20. The van der Waals surface area contributed by atoms with E-state index in [1.165, 1.54) is 11.8 Å². The van der Waals surface area contributed by atoms with Crippen LogP contribution in [0.25, 0.3) is 11.5 Å². The monoisotopic (exact) mass is 275 g/mol. The molecule has 3 aromatic rings. The lowest BCUT2D eigenvalue weighted by Gasteiger charge is -1.92. The molecule has 0 aliphatic rings. The standard InChI is InChI=1S/C11H9N5O2S/c1-7-13-14-9(17-7)6-19-11-16-15-10(18-11)8-3-2-4-12-5-8/h2-5H,6H2,1H3. The lowest BCUT2D eigenvalue weighted by atomic mass is 10.3. The first kappa shape index (κ1) is 11.8. The first-order valence-electron chi connectivity index (χ1n) is 5.47. The summed E-state index contributed by atoms with van der Waals surface area (Å²) < 4.78 is 10.8. The number of hydrogen-bond acceptors (Lipinski definition) is 8. The van der Waals surface area contributed by atoms with Gasteiger partial charge in [-0.2, -0.15) is 0 Å². The fourth-order valence-corrected chi connectivity index (χ4v) is 1.99. The molecule has 3 rings (SSSR count). The van der Waals surface area contributed by atoms with Crippen molar-refractivity contribution in [3.8, 4) is 11.5 Å². The highest BCUT2D eigenvalue weighted by Crippen LogP contribution is 2.24. The molecule has 3 heterocycles. The van der Waals surface area contributed by atoms with Crippen molar-refractivity contribution >= 4 is 11.8 Å². The van der Waals surface area contributed by atoms with Crippen LogP contribution in [0.5, 0.6) is 0 Å². The van der Waals surface area contributed by atoms with Crippen molar-refractivity contribution in [1.82, 2.24) is 25.4 Å². The van der Waals surface area contributed by atoms with Crippen LogP contribution in [0.15, 0.2) is 38.6 Å². The predicted octanol–water partition coefficient (Wildman–Crippen LogP) is 2.12. The average molecular weight is 275 g/mol. The summed E-state index contributed by atoms with van der Waals surface area (Å²) in [6, 6.07) is 3.67. The average Bonchev–Trinajstić information content (AvgIpc) is 3.06. The molecule has 0 amide bonds. The molecule has 0 saturated carbocycles. The molecule has 0 aliphatic heterocycles. The van der Waals surface area contributed by atoms with Crippen molar-refractivity contribution in [2.24, 2.45) is 0 Å². The lowest BCUT2D eigenvalue weighted by molar-refractivity contribution is 0.461. The van der Waals surface area contributed by atoms with E-state index in [4.69, 9.17) is 8.83 Å². The van der Waals surface area contributed by atoms with Crippen LogP contribution in [0.2, 0.25) is 0 Å². The summed E-state index contributed by atoms with van der Waals surface area (Å²) in [5.74, 6) is 2.01. The zero-order chi connectivity index (χ0) is 13.1. The number of pyridine rings is 1. The van der Waals surface area contributed by atoms with Gasteiger partial charge in [-0.3, -0.25) is 4.98 Å². The Balaban J connectivity index is 1.68. The number of hydrogen-bond donors (Lipinski definition) is 0. The number of thioether (sulfide) groups is 1. The summed E-state index contributed by atoms with van der Waals surface area (Å²) in [6.07, 6.45) is 3.36. The maximum atomic E-state index is 5.51. The third-order valence-corrected chi connectivity index (χ3v) is 3.01. The van der Waals surface area contributed by atoms with E-state index in [-0.39, 0.29) is 0 Å². The van der Waals surface area contributed by atoms with Gasteiger partial charge in [0.2, 0.25) is 17.7 Å². The molecule has 0 bridgehead atoms. The Hall–Kier alpha value is -2.22. The normalized spacial score (nSPS) is 10.8. The Morgan fingerprint density at radius 2 is 2.11 bits per heavy atom. The number of rotatable bonds is 4. The summed E-state index contributed by atoms with van der Waals surface area (Å²) in [5.41, 5.74) is 0.787. The van der Waals surface area contributed by atoms with Crippen molar-refractivity contribution in [3.05, 3.63) is 36.3 Å². The molecule has 19 heavy (non-hydrogen) atoms. The van der Waals surface area contributed by atoms with Crippen LogP contribution >= 0.6 is 11.8 Å². The quantitative estimate of drug-likeness (QED) is 0.669. The van der Waals surface area contributed by atoms with Gasteiger partial charge in [0.25, 0.3) is 5.22 Å². The highest BCUT2D eigenvalue weighted by atomic mass is 32.2. The van der Waals surface area contributed by atoms with Crippen molar-refractivity contribution in [2.45, 2.75) is 17.9 Å². The van der Waals surface area contributed by atoms with Crippen LogP contribution in [0.3, 0.4) is 0 Å². The van der Waals surface area contributed by atoms with E-state index in [1.807, 2.05) is 12.1 Å². The van der Waals surface area contributed by atoms with Crippen LogP contribution in [0, 0.1) is 6.92 Å². The number of aryl methyl sites for hydroxylation is 1. The second kappa shape index (κ2) is 5.19. The van der Waals surface area contributed by atoms with Crippen LogP contribution in [0.1, 0.15) is 11.8 Å². The molecule has 0 atom stereocenters. The third kappa shape index (κ3) is 2.79. The molecule has 0 spiro atoms. The second-order valence-electron chi connectivity index (χ2n) is 3.62. The van der Waals surface area contributed by atoms with Crippen LogP contribution in [-0.4, -0.2) is 25.4 Å². The van der Waals surface area contributed by atoms with Gasteiger partial charge in [-0.15, -0.1) is 20.4 Å². The lowest BCUT2D eigenvalue weighted by Crippen LogP contribution is -1.80. The van der Waals surface area contributed by atoms with Crippen molar-refractivity contribution in [2.75, 3.05) is 0 Å². The predicted molar refractivity (Wildman–Crippen MR) is 66.1 cm³/mol. The summed E-state index contributed by atoms with van der Waals surface area (Å²) in [5, 5.41) is 16.0. The van der Waals surface area contributed by atoms with Gasteiger partial charge in [-0.05, 0) is 12.1 Å². The molecule has 0 fully saturated rings. The van der Waals surface area contributed by atoms with Gasteiger partial charge >= 0.3 is 0 Å². The molecule has 0 aliphatic carbocycles. The summed E-state index contributed by atoms with van der Waals surface area (Å²) in [7, 11) is 0. The molecule has 0 aromatic carbocycles. The molecular formula is C11H9N5O2S. The zero-order valence-corrected chi connectivity index (χ0v) is 10.8. The van der Waals surface area contributed by atoms with Crippen molar-refractivity contribution < 1.29 is 8.83 Å². The molecule has 7 nitrogen and oxygen atoms in total. The Bertz CT molecular complexity index is 667. The summed E-state index contributed by atoms with van der Waals surface area (Å²) >= 11 is 1.35. The van der Waals surface area contributed by atoms with Gasteiger partial charge in [0.05, 0.1) is 11.3 Å². The van der Waals surface area contributed by atoms with Gasteiger partial charge in [0.15, 0.2) is 0 Å². The van der Waals surface area contributed by atoms with E-state index in [1.54, 1.807) is 19.3 Å². The second-order valence-corrected chi connectivity index (χ2v) is 4.54. The first-order chi connectivity index (χ1) is 9.31. The minimum atomic E-state index is 0.442. The van der Waals surface area contributed by atoms with Crippen molar-refractivity contribution in [1.29, 1.82) is 0 Å².